The highest BCUT2D eigenvalue weighted by Gasteiger charge is 2.22. The van der Waals surface area contributed by atoms with E-state index in [9.17, 15) is 4.79 Å². The molecule has 1 aliphatic carbocycles. The van der Waals surface area contributed by atoms with Crippen LogP contribution in [0.5, 0.6) is 0 Å². The molecule has 0 fully saturated rings. The average molecular weight is 241 g/mol. The summed E-state index contributed by atoms with van der Waals surface area (Å²) in [5.74, 6) is 0.201. The topological polar surface area (TPSA) is 71.8 Å². The molecule has 0 radical (unpaired) electrons. The molecule has 1 aromatic heterocycles. The number of aryl methyl sites for hydroxylation is 3. The van der Waals surface area contributed by atoms with E-state index in [-0.39, 0.29) is 11.5 Å². The molecule has 2 aromatic rings. The lowest BCUT2D eigenvalue weighted by atomic mass is 9.85. The fourth-order valence-electron chi connectivity index (χ4n) is 2.79. The Labute approximate surface area is 105 Å². The summed E-state index contributed by atoms with van der Waals surface area (Å²) in [5, 5.41) is 0. The van der Waals surface area contributed by atoms with Gasteiger partial charge in [0.1, 0.15) is 0 Å². The number of hydrogen-bond acceptors (Lipinski definition) is 3. The van der Waals surface area contributed by atoms with Crippen LogP contribution < -0.4 is 11.3 Å². The van der Waals surface area contributed by atoms with Crippen molar-refractivity contribution >= 4 is 5.95 Å². The van der Waals surface area contributed by atoms with Crippen molar-refractivity contribution in [1.82, 2.24) is 9.97 Å². The van der Waals surface area contributed by atoms with Crippen molar-refractivity contribution in [3.63, 3.8) is 0 Å². The Morgan fingerprint density at radius 2 is 2.06 bits per heavy atom. The number of nitrogen functional groups attached to an aromatic ring is 1. The first-order valence-electron chi connectivity index (χ1n) is 6.05. The predicted molar refractivity (Wildman–Crippen MR) is 71.6 cm³/mol. The highest BCUT2D eigenvalue weighted by molar-refractivity contribution is 5.73. The van der Waals surface area contributed by atoms with E-state index in [0.29, 0.717) is 5.56 Å². The van der Waals surface area contributed by atoms with Crippen molar-refractivity contribution in [2.45, 2.75) is 26.7 Å². The molecule has 92 valence electrons. The molecule has 4 heteroatoms. The third-order valence-corrected chi connectivity index (χ3v) is 3.51. The smallest absolute Gasteiger partial charge is 0.260 e. The van der Waals surface area contributed by atoms with E-state index in [1.165, 1.54) is 11.1 Å². The van der Waals surface area contributed by atoms with Crippen LogP contribution in [0, 0.1) is 13.8 Å². The highest BCUT2D eigenvalue weighted by Crippen LogP contribution is 2.32. The van der Waals surface area contributed by atoms with Gasteiger partial charge in [-0.25, -0.2) is 4.98 Å². The maximum atomic E-state index is 12.1. The first-order valence-corrected chi connectivity index (χ1v) is 6.05. The number of anilines is 1. The van der Waals surface area contributed by atoms with Crippen molar-refractivity contribution in [2.24, 2.45) is 0 Å². The Hall–Kier alpha value is -2.10. The van der Waals surface area contributed by atoms with Crippen molar-refractivity contribution in [3.8, 4) is 11.1 Å². The van der Waals surface area contributed by atoms with Gasteiger partial charge in [0.15, 0.2) is 0 Å². The van der Waals surface area contributed by atoms with Gasteiger partial charge in [-0.1, -0.05) is 17.7 Å². The third-order valence-electron chi connectivity index (χ3n) is 3.51. The molecule has 18 heavy (non-hydrogen) atoms. The SMILES string of the molecule is Cc1cc(C)c2c(c1)-c1c(nc(N)[nH]c1=O)CC2. The summed E-state index contributed by atoms with van der Waals surface area (Å²) in [6.45, 7) is 4.14. The third kappa shape index (κ3) is 1.53. The number of benzene rings is 1. The number of hydrogen-bond donors (Lipinski definition) is 2. The van der Waals surface area contributed by atoms with Crippen LogP contribution in [0.25, 0.3) is 11.1 Å². The number of H-pyrrole nitrogens is 1. The Morgan fingerprint density at radius 1 is 1.28 bits per heavy atom. The van der Waals surface area contributed by atoms with Crippen LogP contribution in [-0.4, -0.2) is 9.97 Å². The molecule has 3 N–H and O–H groups in total. The van der Waals surface area contributed by atoms with E-state index in [4.69, 9.17) is 5.73 Å². The van der Waals surface area contributed by atoms with Crippen molar-refractivity contribution in [1.29, 1.82) is 0 Å². The number of nitrogens with zero attached hydrogens (tertiary/aromatic N) is 1. The number of aromatic amines is 1. The second-order valence-electron chi connectivity index (χ2n) is 4.88. The van der Waals surface area contributed by atoms with Gasteiger partial charge in [0, 0.05) is 0 Å². The Morgan fingerprint density at radius 3 is 2.83 bits per heavy atom. The Bertz CT molecular complexity index is 701. The molecule has 0 atom stereocenters. The molecule has 0 amide bonds. The normalized spacial score (nSPS) is 13.0. The second kappa shape index (κ2) is 3.70. The maximum Gasteiger partial charge on any atom is 0.260 e. The second-order valence-corrected chi connectivity index (χ2v) is 4.88. The van der Waals surface area contributed by atoms with Gasteiger partial charge in [-0.15, -0.1) is 0 Å². The van der Waals surface area contributed by atoms with Gasteiger partial charge in [-0.05, 0) is 43.4 Å². The lowest BCUT2D eigenvalue weighted by Gasteiger charge is -2.20. The number of nitrogens with two attached hydrogens (primary N) is 1. The van der Waals surface area contributed by atoms with E-state index in [2.05, 4.69) is 29.0 Å². The zero-order valence-corrected chi connectivity index (χ0v) is 10.5. The van der Waals surface area contributed by atoms with Crippen LogP contribution in [-0.2, 0) is 12.8 Å². The minimum absolute atomic E-state index is 0.136. The van der Waals surface area contributed by atoms with Crippen LogP contribution in [0.2, 0.25) is 0 Å². The summed E-state index contributed by atoms with van der Waals surface area (Å²) in [6.07, 6.45) is 1.70. The van der Waals surface area contributed by atoms with Gasteiger partial charge < -0.3 is 5.73 Å². The fourth-order valence-corrected chi connectivity index (χ4v) is 2.79. The predicted octanol–water partition coefficient (Wildman–Crippen LogP) is 1.73. The average Bonchev–Trinajstić information content (AvgIpc) is 2.26. The molecule has 4 nitrogen and oxygen atoms in total. The minimum Gasteiger partial charge on any atom is -0.369 e. The van der Waals surface area contributed by atoms with E-state index < -0.39 is 0 Å². The Kier molecular flexibility index (Phi) is 2.26. The molecule has 0 bridgehead atoms. The van der Waals surface area contributed by atoms with E-state index in [1.807, 2.05) is 6.92 Å². The lowest BCUT2D eigenvalue weighted by Crippen LogP contribution is -2.21. The van der Waals surface area contributed by atoms with E-state index in [1.54, 1.807) is 0 Å². The van der Waals surface area contributed by atoms with Crippen molar-refractivity contribution in [2.75, 3.05) is 5.73 Å². The molecule has 0 aliphatic heterocycles. The number of rotatable bonds is 0. The summed E-state index contributed by atoms with van der Waals surface area (Å²) in [5.41, 5.74) is 11.6. The molecule has 1 heterocycles. The first-order chi connectivity index (χ1) is 8.56. The zero-order chi connectivity index (χ0) is 12.9. The van der Waals surface area contributed by atoms with Crippen molar-refractivity contribution < 1.29 is 0 Å². The zero-order valence-electron chi connectivity index (χ0n) is 10.5. The van der Waals surface area contributed by atoms with Crippen LogP contribution in [0.15, 0.2) is 16.9 Å². The fraction of sp³-hybridized carbons (Fsp3) is 0.286. The van der Waals surface area contributed by atoms with Crippen LogP contribution in [0.3, 0.4) is 0 Å². The number of nitrogens with one attached hydrogen (secondary N) is 1. The standard InChI is InChI=1S/C14H15N3O/c1-7-5-8(2)9-3-4-11-12(10(9)6-7)13(18)17-14(15)16-11/h5-6H,3-4H2,1-2H3,(H3,15,16,17,18). The summed E-state index contributed by atoms with van der Waals surface area (Å²) in [4.78, 5) is 18.9. The minimum atomic E-state index is -0.136. The quantitative estimate of drug-likeness (QED) is 0.738. The molecule has 0 saturated heterocycles. The van der Waals surface area contributed by atoms with Gasteiger partial charge in [0.05, 0.1) is 11.3 Å². The van der Waals surface area contributed by atoms with E-state index >= 15 is 0 Å². The summed E-state index contributed by atoms with van der Waals surface area (Å²) >= 11 is 0. The molecular formula is C14H15N3O. The number of aromatic nitrogens is 2. The van der Waals surface area contributed by atoms with Crippen molar-refractivity contribution in [3.05, 3.63) is 44.9 Å². The van der Waals surface area contributed by atoms with Crippen LogP contribution >= 0.6 is 0 Å². The first kappa shape index (κ1) is 11.0. The lowest BCUT2D eigenvalue weighted by molar-refractivity contribution is 0.872. The Balaban J connectivity index is 2.38. The summed E-state index contributed by atoms with van der Waals surface area (Å²) < 4.78 is 0. The van der Waals surface area contributed by atoms with Gasteiger partial charge in [0.2, 0.25) is 5.95 Å². The van der Waals surface area contributed by atoms with E-state index in [0.717, 1.165) is 29.7 Å². The molecule has 0 spiro atoms. The highest BCUT2D eigenvalue weighted by atomic mass is 16.1. The monoisotopic (exact) mass is 241 g/mol. The largest absolute Gasteiger partial charge is 0.369 e. The summed E-state index contributed by atoms with van der Waals surface area (Å²) in [7, 11) is 0. The molecule has 1 aromatic carbocycles. The van der Waals surface area contributed by atoms with Crippen LogP contribution in [0.1, 0.15) is 22.4 Å². The van der Waals surface area contributed by atoms with Gasteiger partial charge in [-0.3, -0.25) is 9.78 Å². The molecule has 3 rings (SSSR count). The van der Waals surface area contributed by atoms with Crippen LogP contribution in [0.4, 0.5) is 5.95 Å². The molecule has 1 aliphatic rings. The van der Waals surface area contributed by atoms with Gasteiger partial charge >= 0.3 is 0 Å². The van der Waals surface area contributed by atoms with Gasteiger partial charge in [0.25, 0.3) is 5.56 Å². The summed E-state index contributed by atoms with van der Waals surface area (Å²) in [6, 6.07) is 4.22. The van der Waals surface area contributed by atoms with Gasteiger partial charge in [-0.2, -0.15) is 0 Å². The molecular weight excluding hydrogens is 226 g/mol. The molecule has 0 saturated carbocycles. The maximum absolute atomic E-state index is 12.1. The number of fused-ring (bicyclic) bond motifs is 3. The molecule has 0 unspecified atom stereocenters.